The number of carbonyl (C=O) groups excluding carboxylic acids is 2. The van der Waals surface area contributed by atoms with E-state index in [0.29, 0.717) is 31.8 Å². The van der Waals surface area contributed by atoms with Gasteiger partial charge in [-0.15, -0.1) is 11.3 Å². The fraction of sp³-hybridized carbons (Fsp3) is 0.450. The van der Waals surface area contributed by atoms with Gasteiger partial charge >= 0.3 is 0 Å². The van der Waals surface area contributed by atoms with Gasteiger partial charge in [-0.1, -0.05) is 6.07 Å². The molecule has 0 saturated carbocycles. The average molecular weight is 388 g/mol. The predicted octanol–water partition coefficient (Wildman–Crippen LogP) is 2.85. The molecule has 144 valence electrons. The molecule has 7 heteroatoms. The van der Waals surface area contributed by atoms with Crippen LogP contribution in [0.3, 0.4) is 0 Å². The molecule has 1 N–H and O–H groups in total. The minimum Gasteiger partial charge on any atom is -0.383 e. The van der Waals surface area contributed by atoms with Gasteiger partial charge in [0.05, 0.1) is 22.7 Å². The Hall–Kier alpha value is -2.25. The molecular weight excluding hydrogens is 362 g/mol. The van der Waals surface area contributed by atoms with Crippen LogP contribution in [-0.2, 0) is 4.74 Å². The molecule has 2 aromatic rings. The van der Waals surface area contributed by atoms with Crippen LogP contribution >= 0.6 is 11.3 Å². The van der Waals surface area contributed by atoms with Crippen molar-refractivity contribution in [2.45, 2.75) is 25.7 Å². The molecule has 2 amide bonds. The van der Waals surface area contributed by atoms with E-state index in [1.165, 1.54) is 11.3 Å². The average Bonchev–Trinajstić information content (AvgIpc) is 3.22. The Kier molecular flexibility index (Phi) is 6.58. The van der Waals surface area contributed by atoms with Gasteiger partial charge in [-0.25, -0.2) is 0 Å². The molecule has 6 nitrogen and oxygen atoms in total. The molecule has 3 heterocycles. The van der Waals surface area contributed by atoms with Crippen molar-refractivity contribution in [3.05, 3.63) is 51.5 Å². The van der Waals surface area contributed by atoms with Gasteiger partial charge in [0.15, 0.2) is 0 Å². The molecule has 0 bridgehead atoms. The van der Waals surface area contributed by atoms with Crippen molar-refractivity contribution in [3.8, 4) is 0 Å². The van der Waals surface area contributed by atoms with Crippen LogP contribution in [0, 0.1) is 6.92 Å². The molecule has 0 atom stereocenters. The number of rotatable bonds is 6. The van der Waals surface area contributed by atoms with Crippen molar-refractivity contribution in [3.63, 3.8) is 0 Å². The number of likely N-dealkylation sites (tertiary alicyclic amines) is 1. The lowest BCUT2D eigenvalue weighted by atomic mass is 9.89. The molecule has 1 saturated heterocycles. The van der Waals surface area contributed by atoms with Crippen molar-refractivity contribution < 1.29 is 14.3 Å². The first-order chi connectivity index (χ1) is 13.1. The molecule has 0 aliphatic carbocycles. The Bertz CT molecular complexity index is 784. The third-order valence-electron chi connectivity index (χ3n) is 4.80. The highest BCUT2D eigenvalue weighted by atomic mass is 32.1. The first-order valence-corrected chi connectivity index (χ1v) is 10.1. The Morgan fingerprint density at radius 1 is 1.30 bits per heavy atom. The second-order valence-electron chi connectivity index (χ2n) is 6.68. The number of methoxy groups -OCH3 is 1. The Balaban J connectivity index is 1.69. The van der Waals surface area contributed by atoms with Crippen LogP contribution in [0.4, 0.5) is 0 Å². The lowest BCUT2D eigenvalue weighted by Gasteiger charge is -2.32. The second-order valence-corrected chi connectivity index (χ2v) is 7.63. The van der Waals surface area contributed by atoms with Gasteiger partial charge in [0.2, 0.25) is 0 Å². The standard InChI is InChI=1S/C20H25N3O3S/c1-14-5-6-16(19(24)21-9-12-26-2)18(22-14)15-7-10-23(11-8-15)20(25)17-4-3-13-27-17/h3-6,13,15H,7-12H2,1-2H3,(H,21,24). The van der Waals surface area contributed by atoms with E-state index >= 15 is 0 Å². The number of amides is 2. The first-order valence-electron chi connectivity index (χ1n) is 9.17. The number of hydrogen-bond donors (Lipinski definition) is 1. The molecule has 0 aromatic carbocycles. The SMILES string of the molecule is COCCNC(=O)c1ccc(C)nc1C1CCN(C(=O)c2cccs2)CC1. The van der Waals surface area contributed by atoms with Gasteiger partial charge in [0, 0.05) is 38.4 Å². The summed E-state index contributed by atoms with van der Waals surface area (Å²) in [6.07, 6.45) is 1.62. The van der Waals surface area contributed by atoms with E-state index in [2.05, 4.69) is 10.3 Å². The Labute approximate surface area is 163 Å². The van der Waals surface area contributed by atoms with Crippen molar-refractivity contribution in [2.24, 2.45) is 0 Å². The fourth-order valence-corrected chi connectivity index (χ4v) is 4.04. The lowest BCUT2D eigenvalue weighted by Crippen LogP contribution is -2.38. The van der Waals surface area contributed by atoms with E-state index < -0.39 is 0 Å². The van der Waals surface area contributed by atoms with E-state index in [4.69, 9.17) is 4.74 Å². The number of nitrogens with zero attached hydrogens (tertiary/aromatic N) is 2. The summed E-state index contributed by atoms with van der Waals surface area (Å²) in [4.78, 5) is 32.4. The number of thiophene rings is 1. The maximum Gasteiger partial charge on any atom is 0.263 e. The summed E-state index contributed by atoms with van der Waals surface area (Å²) in [7, 11) is 1.61. The summed E-state index contributed by atoms with van der Waals surface area (Å²) in [5.41, 5.74) is 2.36. The van der Waals surface area contributed by atoms with Crippen LogP contribution in [0.5, 0.6) is 0 Å². The van der Waals surface area contributed by atoms with Crippen molar-refractivity contribution in [2.75, 3.05) is 33.4 Å². The third kappa shape index (κ3) is 4.73. The molecule has 1 aliphatic rings. The van der Waals surface area contributed by atoms with Crippen molar-refractivity contribution in [1.82, 2.24) is 15.2 Å². The zero-order chi connectivity index (χ0) is 19.2. The summed E-state index contributed by atoms with van der Waals surface area (Å²) >= 11 is 1.47. The zero-order valence-corrected chi connectivity index (χ0v) is 16.6. The fourth-order valence-electron chi connectivity index (χ4n) is 3.35. The maximum absolute atomic E-state index is 12.6. The highest BCUT2D eigenvalue weighted by Gasteiger charge is 2.28. The summed E-state index contributed by atoms with van der Waals surface area (Å²) in [5.74, 6) is 0.158. The van der Waals surface area contributed by atoms with Crippen molar-refractivity contribution >= 4 is 23.2 Å². The van der Waals surface area contributed by atoms with E-state index in [1.807, 2.05) is 41.5 Å². The largest absolute Gasteiger partial charge is 0.383 e. The summed E-state index contributed by atoms with van der Waals surface area (Å²) in [6.45, 7) is 4.25. The Morgan fingerprint density at radius 3 is 2.74 bits per heavy atom. The first kappa shape index (κ1) is 19.5. The molecule has 2 aromatic heterocycles. The summed E-state index contributed by atoms with van der Waals surface area (Å²) in [6, 6.07) is 7.48. The molecule has 0 radical (unpaired) electrons. The molecule has 1 aliphatic heterocycles. The second kappa shape index (κ2) is 9.10. The van der Waals surface area contributed by atoms with Crippen LogP contribution in [0.2, 0.25) is 0 Å². The third-order valence-corrected chi connectivity index (χ3v) is 5.66. The van der Waals surface area contributed by atoms with E-state index in [9.17, 15) is 9.59 Å². The Morgan fingerprint density at radius 2 is 2.07 bits per heavy atom. The number of hydrogen-bond acceptors (Lipinski definition) is 5. The molecule has 1 fully saturated rings. The van der Waals surface area contributed by atoms with Crippen LogP contribution in [-0.4, -0.2) is 55.0 Å². The molecule has 3 rings (SSSR count). The smallest absolute Gasteiger partial charge is 0.263 e. The van der Waals surface area contributed by atoms with Gasteiger partial charge in [-0.3, -0.25) is 14.6 Å². The van der Waals surface area contributed by atoms with Crippen LogP contribution in [0.25, 0.3) is 0 Å². The van der Waals surface area contributed by atoms with E-state index in [1.54, 1.807) is 7.11 Å². The highest BCUT2D eigenvalue weighted by Crippen LogP contribution is 2.30. The van der Waals surface area contributed by atoms with Crippen molar-refractivity contribution in [1.29, 1.82) is 0 Å². The molecular formula is C20H25N3O3S. The van der Waals surface area contributed by atoms with E-state index in [-0.39, 0.29) is 17.7 Å². The van der Waals surface area contributed by atoms with Crippen LogP contribution in [0.1, 0.15) is 50.2 Å². The quantitative estimate of drug-likeness (QED) is 0.774. The zero-order valence-electron chi connectivity index (χ0n) is 15.7. The monoisotopic (exact) mass is 387 g/mol. The minimum atomic E-state index is -0.119. The maximum atomic E-state index is 12.6. The molecule has 0 unspecified atom stereocenters. The number of nitrogens with one attached hydrogen (secondary N) is 1. The summed E-state index contributed by atoms with van der Waals surface area (Å²) in [5, 5.41) is 4.80. The highest BCUT2D eigenvalue weighted by molar-refractivity contribution is 7.12. The minimum absolute atomic E-state index is 0.0955. The van der Waals surface area contributed by atoms with Gasteiger partial charge < -0.3 is 15.0 Å². The molecule has 0 spiro atoms. The van der Waals surface area contributed by atoms with Gasteiger partial charge in [-0.05, 0) is 43.3 Å². The number of pyridine rings is 1. The lowest BCUT2D eigenvalue weighted by molar-refractivity contribution is 0.0715. The van der Waals surface area contributed by atoms with Gasteiger partial charge in [-0.2, -0.15) is 0 Å². The van der Waals surface area contributed by atoms with Crippen LogP contribution in [0.15, 0.2) is 29.6 Å². The number of ether oxygens (including phenoxy) is 1. The normalized spacial score (nSPS) is 15.0. The van der Waals surface area contributed by atoms with Gasteiger partial charge in [0.1, 0.15) is 0 Å². The summed E-state index contributed by atoms with van der Waals surface area (Å²) < 4.78 is 4.99. The number of carbonyl (C=O) groups is 2. The number of aromatic nitrogens is 1. The predicted molar refractivity (Wildman–Crippen MR) is 105 cm³/mol. The topological polar surface area (TPSA) is 71.5 Å². The number of aryl methyl sites for hydroxylation is 1. The van der Waals surface area contributed by atoms with Gasteiger partial charge in [0.25, 0.3) is 11.8 Å². The van der Waals surface area contributed by atoms with E-state index in [0.717, 1.165) is 29.1 Å². The number of piperidine rings is 1. The van der Waals surface area contributed by atoms with Crippen LogP contribution < -0.4 is 5.32 Å². The molecule has 27 heavy (non-hydrogen) atoms.